The number of ether oxygens (including phenoxy) is 1. The number of nitrogens with one attached hydrogen (secondary N) is 1. The molecular weight excluding hydrogens is 350 g/mol. The maximum atomic E-state index is 13.1. The highest BCUT2D eigenvalue weighted by atomic mass is 32.2. The van der Waals surface area contributed by atoms with Crippen molar-refractivity contribution in [3.63, 3.8) is 0 Å². The number of anilines is 1. The van der Waals surface area contributed by atoms with E-state index in [4.69, 9.17) is 4.74 Å². The van der Waals surface area contributed by atoms with E-state index >= 15 is 0 Å². The molecule has 0 aliphatic carbocycles. The minimum Gasteiger partial charge on any atom is -0.497 e. The van der Waals surface area contributed by atoms with E-state index < -0.39 is 10.0 Å². The van der Waals surface area contributed by atoms with E-state index in [0.29, 0.717) is 11.3 Å². The lowest BCUT2D eigenvalue weighted by atomic mass is 10.2. The van der Waals surface area contributed by atoms with E-state index in [1.165, 1.54) is 3.97 Å². The molecule has 0 unspecified atom stereocenters. The number of rotatable bonds is 4. The second-order valence-corrected chi connectivity index (χ2v) is 8.09. The molecule has 1 aromatic heterocycles. The Morgan fingerprint density at radius 3 is 2.42 bits per heavy atom. The predicted molar refractivity (Wildman–Crippen MR) is 103 cm³/mol. The van der Waals surface area contributed by atoms with Crippen LogP contribution in [0.15, 0.2) is 59.6 Å². The minimum absolute atomic E-state index is 0.239. The van der Waals surface area contributed by atoms with E-state index in [0.717, 1.165) is 37.3 Å². The third-order valence-electron chi connectivity index (χ3n) is 4.74. The van der Waals surface area contributed by atoms with Gasteiger partial charge in [0.2, 0.25) is 0 Å². The Morgan fingerprint density at radius 1 is 1.00 bits per heavy atom. The van der Waals surface area contributed by atoms with Gasteiger partial charge in [0.05, 0.1) is 17.5 Å². The van der Waals surface area contributed by atoms with Crippen molar-refractivity contribution in [2.45, 2.75) is 4.90 Å². The lowest BCUT2D eigenvalue weighted by Crippen LogP contribution is -2.43. The van der Waals surface area contributed by atoms with Gasteiger partial charge in [-0.3, -0.25) is 0 Å². The normalized spacial score (nSPS) is 15.3. The summed E-state index contributed by atoms with van der Waals surface area (Å²) in [5, 5.41) is 4.23. The zero-order valence-corrected chi connectivity index (χ0v) is 15.4. The second-order valence-electron chi connectivity index (χ2n) is 6.27. The molecule has 7 heteroatoms. The van der Waals surface area contributed by atoms with Gasteiger partial charge in [-0.2, -0.15) is 0 Å². The minimum atomic E-state index is -3.66. The summed E-state index contributed by atoms with van der Waals surface area (Å²) in [6.45, 7) is 3.70. The fourth-order valence-corrected chi connectivity index (χ4v) is 4.63. The standard InChI is InChI=1S/C19H21N3O3S/c1-25-17-4-6-18(7-5-17)26(23,24)22-11-8-15-2-3-16(14-19(15)22)21-12-9-20-10-13-21/h2-8,11,14,20H,9-10,12-13H2,1H3. The third-order valence-corrected chi connectivity index (χ3v) is 6.44. The van der Waals surface area contributed by atoms with Gasteiger partial charge in [0, 0.05) is 43.4 Å². The van der Waals surface area contributed by atoms with E-state index in [1.807, 2.05) is 18.2 Å². The maximum Gasteiger partial charge on any atom is 0.268 e. The molecule has 3 aromatic rings. The highest BCUT2D eigenvalue weighted by Gasteiger charge is 2.20. The molecule has 0 amide bonds. The smallest absolute Gasteiger partial charge is 0.268 e. The first-order valence-corrected chi connectivity index (χ1v) is 10.00. The molecule has 1 N–H and O–H groups in total. The van der Waals surface area contributed by atoms with Gasteiger partial charge in [-0.1, -0.05) is 6.07 Å². The summed E-state index contributed by atoms with van der Waals surface area (Å²) in [5.41, 5.74) is 1.74. The molecule has 0 bridgehead atoms. The fourth-order valence-electron chi connectivity index (χ4n) is 3.28. The number of nitrogens with zero attached hydrogens (tertiary/aromatic N) is 2. The Kier molecular flexibility index (Phi) is 4.34. The van der Waals surface area contributed by atoms with Crippen molar-refractivity contribution in [1.29, 1.82) is 0 Å². The predicted octanol–water partition coefficient (Wildman–Crippen LogP) is 2.30. The van der Waals surface area contributed by atoms with Gasteiger partial charge < -0.3 is 15.0 Å². The first-order valence-electron chi connectivity index (χ1n) is 8.56. The van der Waals surface area contributed by atoms with E-state index in [1.54, 1.807) is 37.6 Å². The highest BCUT2D eigenvalue weighted by molar-refractivity contribution is 7.90. The summed E-state index contributed by atoms with van der Waals surface area (Å²) < 4.78 is 32.7. The number of benzene rings is 2. The number of piperazine rings is 1. The molecule has 0 saturated carbocycles. The van der Waals surface area contributed by atoms with E-state index in [9.17, 15) is 8.42 Å². The second kappa shape index (κ2) is 6.66. The Hall–Kier alpha value is -2.51. The van der Waals surface area contributed by atoms with Crippen molar-refractivity contribution >= 4 is 26.6 Å². The number of hydrogen-bond acceptors (Lipinski definition) is 5. The number of methoxy groups -OCH3 is 1. The number of aromatic nitrogens is 1. The van der Waals surface area contributed by atoms with Crippen LogP contribution >= 0.6 is 0 Å². The van der Waals surface area contributed by atoms with Crippen LogP contribution in [0.25, 0.3) is 10.9 Å². The summed E-state index contributed by atoms with van der Waals surface area (Å²) in [5.74, 6) is 0.627. The molecule has 2 heterocycles. The highest BCUT2D eigenvalue weighted by Crippen LogP contribution is 2.27. The van der Waals surface area contributed by atoms with Crippen LogP contribution in [0.4, 0.5) is 5.69 Å². The topological polar surface area (TPSA) is 63.6 Å². The fraction of sp³-hybridized carbons (Fsp3) is 0.263. The van der Waals surface area contributed by atoms with E-state index in [-0.39, 0.29) is 4.90 Å². The Balaban J connectivity index is 1.77. The molecule has 26 heavy (non-hydrogen) atoms. The summed E-state index contributed by atoms with van der Waals surface area (Å²) >= 11 is 0. The zero-order chi connectivity index (χ0) is 18.1. The maximum absolute atomic E-state index is 13.1. The van der Waals surface area contributed by atoms with Gasteiger partial charge in [-0.05, 0) is 42.5 Å². The number of hydrogen-bond donors (Lipinski definition) is 1. The molecule has 1 aliphatic heterocycles. The van der Waals surface area contributed by atoms with Crippen molar-refractivity contribution in [3.05, 3.63) is 54.7 Å². The van der Waals surface area contributed by atoms with Crippen molar-refractivity contribution in [2.75, 3.05) is 38.2 Å². The zero-order valence-electron chi connectivity index (χ0n) is 14.6. The van der Waals surface area contributed by atoms with Crippen LogP contribution in [-0.4, -0.2) is 45.7 Å². The van der Waals surface area contributed by atoms with Gasteiger partial charge in [0.15, 0.2) is 0 Å². The molecule has 6 nitrogen and oxygen atoms in total. The van der Waals surface area contributed by atoms with Crippen LogP contribution in [0, 0.1) is 0 Å². The number of fused-ring (bicyclic) bond motifs is 1. The van der Waals surface area contributed by atoms with Crippen molar-refractivity contribution in [2.24, 2.45) is 0 Å². The van der Waals surface area contributed by atoms with Crippen molar-refractivity contribution in [1.82, 2.24) is 9.29 Å². The van der Waals surface area contributed by atoms with Gasteiger partial charge in [0.25, 0.3) is 10.0 Å². The average Bonchev–Trinajstić information content (AvgIpc) is 3.13. The van der Waals surface area contributed by atoms with Crippen molar-refractivity contribution in [3.8, 4) is 5.75 Å². The quantitative estimate of drug-likeness (QED) is 0.762. The molecule has 136 valence electrons. The molecular formula is C19H21N3O3S. The molecule has 0 radical (unpaired) electrons. The van der Waals surface area contributed by atoms with Gasteiger partial charge in [-0.25, -0.2) is 12.4 Å². The molecule has 4 rings (SSSR count). The lowest BCUT2D eigenvalue weighted by Gasteiger charge is -2.29. The monoisotopic (exact) mass is 371 g/mol. The Morgan fingerprint density at radius 2 is 1.73 bits per heavy atom. The van der Waals surface area contributed by atoms with Gasteiger partial charge >= 0.3 is 0 Å². The van der Waals surface area contributed by atoms with Gasteiger partial charge in [0.1, 0.15) is 5.75 Å². The SMILES string of the molecule is COc1ccc(S(=O)(=O)n2ccc3ccc(N4CCNCC4)cc32)cc1. The molecule has 1 aliphatic rings. The van der Waals surface area contributed by atoms with E-state index in [2.05, 4.69) is 16.3 Å². The Labute approximate surface area is 153 Å². The Bertz CT molecular complexity index is 1020. The molecule has 1 fully saturated rings. The molecule has 0 spiro atoms. The molecule has 0 atom stereocenters. The van der Waals surface area contributed by atoms with Crippen LogP contribution in [0.5, 0.6) is 5.75 Å². The van der Waals surface area contributed by atoms with Crippen LogP contribution in [0.3, 0.4) is 0 Å². The average molecular weight is 371 g/mol. The van der Waals surface area contributed by atoms with Crippen LogP contribution in [0.1, 0.15) is 0 Å². The summed E-state index contributed by atoms with van der Waals surface area (Å²) in [7, 11) is -2.11. The first kappa shape index (κ1) is 16.9. The van der Waals surface area contributed by atoms with Crippen LogP contribution < -0.4 is 15.0 Å². The summed E-state index contributed by atoms with van der Waals surface area (Å²) in [6.07, 6.45) is 1.62. The van der Waals surface area contributed by atoms with Crippen LogP contribution in [-0.2, 0) is 10.0 Å². The van der Waals surface area contributed by atoms with Crippen molar-refractivity contribution < 1.29 is 13.2 Å². The summed E-state index contributed by atoms with van der Waals surface area (Å²) in [4.78, 5) is 2.51. The molecule has 1 saturated heterocycles. The largest absolute Gasteiger partial charge is 0.497 e. The first-order chi connectivity index (χ1) is 12.6. The lowest BCUT2D eigenvalue weighted by molar-refractivity contribution is 0.414. The third kappa shape index (κ3) is 2.93. The van der Waals surface area contributed by atoms with Gasteiger partial charge in [-0.15, -0.1) is 0 Å². The molecule has 2 aromatic carbocycles. The summed E-state index contributed by atoms with van der Waals surface area (Å²) in [6, 6.07) is 14.3. The van der Waals surface area contributed by atoms with Crippen LogP contribution in [0.2, 0.25) is 0 Å².